The molecule has 4 nitrogen and oxygen atoms in total. The lowest BCUT2D eigenvalue weighted by molar-refractivity contribution is -0.132. The number of nitrogens with zero attached hydrogens (tertiary/aromatic N) is 2. The maximum absolute atomic E-state index is 12.3. The average Bonchev–Trinajstić information content (AvgIpc) is 3.13. The molecule has 0 bridgehead atoms. The third-order valence-electron chi connectivity index (χ3n) is 4.44. The van der Waals surface area contributed by atoms with Gasteiger partial charge in [-0.05, 0) is 46.7 Å². The van der Waals surface area contributed by atoms with Crippen LogP contribution in [-0.4, -0.2) is 47.7 Å². The van der Waals surface area contributed by atoms with E-state index in [1.165, 1.54) is 5.56 Å². The summed E-state index contributed by atoms with van der Waals surface area (Å²) in [7, 11) is 0. The predicted molar refractivity (Wildman–Crippen MR) is 101 cm³/mol. The van der Waals surface area contributed by atoms with Crippen LogP contribution in [0.25, 0.3) is 0 Å². The van der Waals surface area contributed by atoms with Crippen LogP contribution in [-0.2, 0) is 11.3 Å². The first-order valence-corrected chi connectivity index (χ1v) is 9.74. The summed E-state index contributed by atoms with van der Waals surface area (Å²) in [4.78, 5) is 28.7. The van der Waals surface area contributed by atoms with Crippen molar-refractivity contribution in [2.24, 2.45) is 0 Å². The van der Waals surface area contributed by atoms with Crippen molar-refractivity contribution in [1.29, 1.82) is 0 Å². The molecule has 132 valence electrons. The van der Waals surface area contributed by atoms with Gasteiger partial charge in [-0.15, -0.1) is 0 Å². The van der Waals surface area contributed by atoms with Crippen molar-refractivity contribution >= 4 is 34.6 Å². The van der Waals surface area contributed by atoms with E-state index >= 15 is 0 Å². The van der Waals surface area contributed by atoms with Gasteiger partial charge in [0, 0.05) is 56.2 Å². The summed E-state index contributed by atoms with van der Waals surface area (Å²) in [6.45, 7) is 4.18. The molecular weight excluding hydrogens is 356 g/mol. The van der Waals surface area contributed by atoms with E-state index in [9.17, 15) is 9.59 Å². The molecule has 1 amide bonds. The van der Waals surface area contributed by atoms with Crippen molar-refractivity contribution in [1.82, 2.24) is 9.80 Å². The summed E-state index contributed by atoms with van der Waals surface area (Å²) in [5.41, 5.74) is 1.94. The molecule has 0 spiro atoms. The molecule has 0 radical (unpaired) electrons. The molecule has 6 heteroatoms. The lowest BCUT2D eigenvalue weighted by Crippen LogP contribution is -2.48. The number of ketones is 1. The highest BCUT2D eigenvalue weighted by molar-refractivity contribution is 7.07. The predicted octanol–water partition coefficient (Wildman–Crippen LogP) is 3.71. The van der Waals surface area contributed by atoms with Gasteiger partial charge in [-0.25, -0.2) is 0 Å². The van der Waals surface area contributed by atoms with Crippen LogP contribution in [0.5, 0.6) is 0 Å². The SMILES string of the molecule is O=C(CCC(=O)N1CCN(Cc2ccsc2)CC1)c1ccc(Cl)cc1. The van der Waals surface area contributed by atoms with E-state index in [2.05, 4.69) is 21.7 Å². The molecule has 0 aliphatic carbocycles. The maximum Gasteiger partial charge on any atom is 0.223 e. The number of thiophene rings is 1. The summed E-state index contributed by atoms with van der Waals surface area (Å²) in [5.74, 6) is 0.0543. The van der Waals surface area contributed by atoms with Gasteiger partial charge in [0.05, 0.1) is 0 Å². The van der Waals surface area contributed by atoms with E-state index in [0.29, 0.717) is 10.6 Å². The van der Waals surface area contributed by atoms with Crippen molar-refractivity contribution in [2.75, 3.05) is 26.2 Å². The van der Waals surface area contributed by atoms with Gasteiger partial charge < -0.3 is 4.90 Å². The largest absolute Gasteiger partial charge is 0.340 e. The Bertz CT molecular complexity index is 708. The molecule has 0 atom stereocenters. The second kappa shape index (κ2) is 8.61. The lowest BCUT2D eigenvalue weighted by atomic mass is 10.1. The Kier molecular flexibility index (Phi) is 6.24. The first-order chi connectivity index (χ1) is 12.1. The number of carbonyl (C=O) groups is 2. The van der Waals surface area contributed by atoms with E-state index in [0.717, 1.165) is 32.7 Å². The van der Waals surface area contributed by atoms with Crippen molar-refractivity contribution in [2.45, 2.75) is 19.4 Å². The Hall–Kier alpha value is -1.69. The Morgan fingerprint density at radius 2 is 1.72 bits per heavy atom. The molecule has 1 aliphatic rings. The maximum atomic E-state index is 12.3. The van der Waals surface area contributed by atoms with Crippen molar-refractivity contribution in [3.05, 3.63) is 57.2 Å². The molecule has 1 fully saturated rings. The highest BCUT2D eigenvalue weighted by Crippen LogP contribution is 2.14. The smallest absolute Gasteiger partial charge is 0.223 e. The zero-order valence-corrected chi connectivity index (χ0v) is 15.6. The molecular formula is C19H21ClN2O2S. The number of piperazine rings is 1. The Morgan fingerprint density at radius 1 is 1.00 bits per heavy atom. The Balaban J connectivity index is 1.42. The van der Waals surface area contributed by atoms with Crippen LogP contribution in [0.2, 0.25) is 5.02 Å². The van der Waals surface area contributed by atoms with E-state index in [1.807, 2.05) is 4.90 Å². The van der Waals surface area contributed by atoms with Crippen molar-refractivity contribution in [3.8, 4) is 0 Å². The normalized spacial score (nSPS) is 15.3. The molecule has 1 aliphatic heterocycles. The fourth-order valence-corrected chi connectivity index (χ4v) is 3.74. The zero-order chi connectivity index (χ0) is 17.6. The van der Waals surface area contributed by atoms with Gasteiger partial charge in [0.15, 0.2) is 5.78 Å². The topological polar surface area (TPSA) is 40.6 Å². The van der Waals surface area contributed by atoms with Crippen LogP contribution in [0.4, 0.5) is 0 Å². The van der Waals surface area contributed by atoms with E-state index < -0.39 is 0 Å². The van der Waals surface area contributed by atoms with Gasteiger partial charge in [0.25, 0.3) is 0 Å². The van der Waals surface area contributed by atoms with E-state index in [4.69, 9.17) is 11.6 Å². The van der Waals surface area contributed by atoms with Crippen LogP contribution in [0.15, 0.2) is 41.1 Å². The minimum absolute atomic E-state index is 0.0129. The molecule has 0 saturated carbocycles. The van der Waals surface area contributed by atoms with E-state index in [-0.39, 0.29) is 24.5 Å². The number of Topliss-reactive ketones (excluding diaryl/α,β-unsaturated/α-hetero) is 1. The zero-order valence-electron chi connectivity index (χ0n) is 14.0. The van der Waals surface area contributed by atoms with Crippen molar-refractivity contribution in [3.63, 3.8) is 0 Å². The molecule has 1 aromatic carbocycles. The molecule has 2 aromatic rings. The van der Waals surface area contributed by atoms with Gasteiger partial charge in [0.1, 0.15) is 0 Å². The van der Waals surface area contributed by atoms with Crippen LogP contribution in [0.3, 0.4) is 0 Å². The average molecular weight is 377 g/mol. The Morgan fingerprint density at radius 3 is 2.36 bits per heavy atom. The molecule has 2 heterocycles. The van der Waals surface area contributed by atoms with Crippen LogP contribution < -0.4 is 0 Å². The highest BCUT2D eigenvalue weighted by Gasteiger charge is 2.21. The number of halogens is 1. The second-order valence-corrected chi connectivity index (χ2v) is 7.44. The quantitative estimate of drug-likeness (QED) is 0.721. The molecule has 0 unspecified atom stereocenters. The summed E-state index contributed by atoms with van der Waals surface area (Å²) in [5, 5.41) is 4.86. The molecule has 25 heavy (non-hydrogen) atoms. The number of hydrogen-bond donors (Lipinski definition) is 0. The summed E-state index contributed by atoms with van der Waals surface area (Å²) in [6.07, 6.45) is 0.515. The fraction of sp³-hybridized carbons (Fsp3) is 0.368. The summed E-state index contributed by atoms with van der Waals surface area (Å²) >= 11 is 7.54. The first-order valence-electron chi connectivity index (χ1n) is 8.42. The number of amides is 1. The third-order valence-corrected chi connectivity index (χ3v) is 5.43. The summed E-state index contributed by atoms with van der Waals surface area (Å²) < 4.78 is 0. The minimum Gasteiger partial charge on any atom is -0.340 e. The second-order valence-electron chi connectivity index (χ2n) is 6.22. The number of benzene rings is 1. The van der Waals surface area contributed by atoms with Gasteiger partial charge in [0.2, 0.25) is 5.91 Å². The minimum atomic E-state index is -0.0129. The monoisotopic (exact) mass is 376 g/mol. The van der Waals surface area contributed by atoms with Gasteiger partial charge in [-0.3, -0.25) is 14.5 Å². The van der Waals surface area contributed by atoms with Crippen molar-refractivity contribution < 1.29 is 9.59 Å². The highest BCUT2D eigenvalue weighted by atomic mass is 35.5. The summed E-state index contributed by atoms with van der Waals surface area (Å²) in [6, 6.07) is 8.95. The standard InChI is InChI=1S/C19H21ClN2O2S/c20-17-3-1-16(2-4-17)18(23)5-6-19(24)22-10-8-21(9-11-22)13-15-7-12-25-14-15/h1-4,7,12,14H,5-6,8-11,13H2. The number of rotatable bonds is 6. The number of carbonyl (C=O) groups excluding carboxylic acids is 2. The molecule has 0 N–H and O–H groups in total. The van der Waals surface area contributed by atoms with Gasteiger partial charge in [-0.2, -0.15) is 11.3 Å². The lowest BCUT2D eigenvalue weighted by Gasteiger charge is -2.34. The third kappa shape index (κ3) is 5.14. The molecule has 3 rings (SSSR count). The van der Waals surface area contributed by atoms with Crippen LogP contribution in [0.1, 0.15) is 28.8 Å². The van der Waals surface area contributed by atoms with E-state index in [1.54, 1.807) is 35.6 Å². The number of hydrogen-bond acceptors (Lipinski definition) is 4. The van der Waals surface area contributed by atoms with Gasteiger partial charge in [-0.1, -0.05) is 11.6 Å². The molecule has 1 saturated heterocycles. The van der Waals surface area contributed by atoms with Crippen LogP contribution >= 0.6 is 22.9 Å². The van der Waals surface area contributed by atoms with Gasteiger partial charge >= 0.3 is 0 Å². The Labute approximate surface area is 157 Å². The molecule has 1 aromatic heterocycles. The fourth-order valence-electron chi connectivity index (χ4n) is 2.95. The van der Waals surface area contributed by atoms with Crippen LogP contribution in [0, 0.1) is 0 Å². The first kappa shape index (κ1) is 18.1.